The Balaban J connectivity index is 1.30. The van der Waals surface area contributed by atoms with Gasteiger partial charge in [0.05, 0.1) is 12.1 Å². The number of benzene rings is 1. The third kappa shape index (κ3) is 9.04. The number of ether oxygens (including phenoxy) is 1. The summed E-state index contributed by atoms with van der Waals surface area (Å²) in [5.74, 6) is 0.627. The van der Waals surface area contributed by atoms with E-state index in [1.54, 1.807) is 41.5 Å². The van der Waals surface area contributed by atoms with Gasteiger partial charge < -0.3 is 4.74 Å². The quantitative estimate of drug-likeness (QED) is 0.134. The van der Waals surface area contributed by atoms with Crippen molar-refractivity contribution in [1.82, 2.24) is 25.2 Å². The Hall–Kier alpha value is -3.09. The van der Waals surface area contributed by atoms with E-state index < -0.39 is 5.97 Å². The first-order chi connectivity index (χ1) is 16.8. The molecule has 2 aromatic heterocycles. The molecule has 0 saturated heterocycles. The molecule has 0 unspecified atom stereocenters. The van der Waals surface area contributed by atoms with E-state index in [9.17, 15) is 4.79 Å². The Morgan fingerprint density at radius 1 is 0.794 bits per heavy atom. The number of nitrogens with zero attached hydrogens (tertiary/aromatic N) is 5. The van der Waals surface area contributed by atoms with Crippen molar-refractivity contribution < 1.29 is 9.53 Å². The number of esters is 1. The molecule has 0 spiro atoms. The maximum atomic E-state index is 12.1. The molecular formula is C27H37N5O2. The molecule has 0 aliphatic heterocycles. The summed E-state index contributed by atoms with van der Waals surface area (Å²) in [5.41, 5.74) is 1.30. The van der Waals surface area contributed by atoms with Gasteiger partial charge in [-0.3, -0.25) is 4.98 Å². The maximum absolute atomic E-state index is 12.1. The summed E-state index contributed by atoms with van der Waals surface area (Å²) < 4.78 is 5.39. The lowest BCUT2D eigenvalue weighted by Gasteiger charge is -2.04. The van der Waals surface area contributed by atoms with Gasteiger partial charge >= 0.3 is 5.97 Å². The van der Waals surface area contributed by atoms with Crippen LogP contribution in [-0.2, 0) is 6.54 Å². The van der Waals surface area contributed by atoms with Crippen LogP contribution in [0.2, 0.25) is 0 Å². The van der Waals surface area contributed by atoms with Crippen molar-refractivity contribution in [3.05, 3.63) is 54.4 Å². The van der Waals surface area contributed by atoms with Gasteiger partial charge in [-0.15, -0.1) is 10.2 Å². The van der Waals surface area contributed by atoms with Crippen molar-refractivity contribution in [2.24, 2.45) is 0 Å². The molecule has 0 aliphatic carbocycles. The lowest BCUT2D eigenvalue weighted by Crippen LogP contribution is -2.08. The number of hydrogen-bond acceptors (Lipinski definition) is 6. The van der Waals surface area contributed by atoms with Crippen LogP contribution in [0.3, 0.4) is 0 Å². The number of aryl methyl sites for hydroxylation is 1. The van der Waals surface area contributed by atoms with Gasteiger partial charge in [-0.25, -0.2) is 4.79 Å². The average Bonchev–Trinajstić information content (AvgIpc) is 3.34. The Kier molecular flexibility index (Phi) is 11.2. The zero-order valence-electron chi connectivity index (χ0n) is 20.4. The van der Waals surface area contributed by atoms with Gasteiger partial charge in [-0.2, -0.15) is 4.80 Å². The minimum atomic E-state index is -0.415. The van der Waals surface area contributed by atoms with E-state index in [0.29, 0.717) is 17.1 Å². The molecule has 3 aromatic rings. The van der Waals surface area contributed by atoms with E-state index in [-0.39, 0.29) is 0 Å². The number of hydrogen-bond donors (Lipinski definition) is 0. The summed E-state index contributed by atoms with van der Waals surface area (Å²) in [6.45, 7) is 3.05. The summed E-state index contributed by atoms with van der Waals surface area (Å²) in [6, 6.07) is 10.4. The minimum absolute atomic E-state index is 0.415. The number of carbonyl (C=O) groups excluding carboxylic acids is 1. The van der Waals surface area contributed by atoms with Crippen LogP contribution in [0.25, 0.3) is 11.4 Å². The highest BCUT2D eigenvalue weighted by molar-refractivity contribution is 5.90. The van der Waals surface area contributed by atoms with Gasteiger partial charge in [-0.05, 0) is 48.0 Å². The standard InChI is InChI=1S/C27H37N5O2/c1-2-3-4-5-6-7-8-9-10-11-12-13-22-32-30-26(29-31-32)23-14-16-25(17-15-23)34-27(33)24-18-20-28-21-19-24/h14-21H,2-13,22H2,1H3. The summed E-state index contributed by atoms with van der Waals surface area (Å²) in [5, 5.41) is 12.8. The molecular weight excluding hydrogens is 426 g/mol. The average molecular weight is 464 g/mol. The Bertz CT molecular complexity index is 957. The van der Waals surface area contributed by atoms with Crippen molar-refractivity contribution >= 4 is 5.97 Å². The number of carbonyl (C=O) groups is 1. The Labute approximate surface area is 202 Å². The lowest BCUT2D eigenvalue weighted by molar-refractivity contribution is 0.0734. The van der Waals surface area contributed by atoms with Crippen LogP contribution in [0.1, 0.15) is 94.3 Å². The molecule has 7 nitrogen and oxygen atoms in total. The smallest absolute Gasteiger partial charge is 0.343 e. The topological polar surface area (TPSA) is 82.8 Å². The Morgan fingerprint density at radius 2 is 1.38 bits per heavy atom. The molecule has 0 N–H and O–H groups in total. The van der Waals surface area contributed by atoms with Crippen LogP contribution in [-0.4, -0.2) is 31.2 Å². The third-order valence-corrected chi connectivity index (χ3v) is 5.90. The predicted molar refractivity (Wildman–Crippen MR) is 134 cm³/mol. The SMILES string of the molecule is CCCCCCCCCCCCCCn1nnc(-c2ccc(OC(=O)c3ccncc3)cc2)n1. The number of unbranched alkanes of at least 4 members (excludes halogenated alkanes) is 11. The summed E-state index contributed by atoms with van der Waals surface area (Å²) >= 11 is 0. The zero-order chi connectivity index (χ0) is 23.8. The molecule has 0 atom stereocenters. The van der Waals surface area contributed by atoms with Gasteiger partial charge in [0.15, 0.2) is 0 Å². The maximum Gasteiger partial charge on any atom is 0.343 e. The lowest BCUT2D eigenvalue weighted by atomic mass is 10.1. The van der Waals surface area contributed by atoms with E-state index in [2.05, 4.69) is 27.3 Å². The van der Waals surface area contributed by atoms with E-state index in [1.165, 1.54) is 70.6 Å². The van der Waals surface area contributed by atoms with Gasteiger partial charge in [0, 0.05) is 18.0 Å². The van der Waals surface area contributed by atoms with Gasteiger partial charge in [0.1, 0.15) is 5.75 Å². The highest BCUT2D eigenvalue weighted by Crippen LogP contribution is 2.20. The van der Waals surface area contributed by atoms with Crippen LogP contribution >= 0.6 is 0 Å². The summed E-state index contributed by atoms with van der Waals surface area (Å²) in [4.78, 5) is 17.7. The molecule has 182 valence electrons. The normalized spacial score (nSPS) is 11.0. The number of aromatic nitrogens is 5. The number of tetrazole rings is 1. The monoisotopic (exact) mass is 463 g/mol. The fourth-order valence-corrected chi connectivity index (χ4v) is 3.87. The molecule has 0 radical (unpaired) electrons. The minimum Gasteiger partial charge on any atom is -0.423 e. The molecule has 1 aromatic carbocycles. The third-order valence-electron chi connectivity index (χ3n) is 5.90. The van der Waals surface area contributed by atoms with E-state index >= 15 is 0 Å². The summed E-state index contributed by atoms with van der Waals surface area (Å²) in [6.07, 6.45) is 19.0. The van der Waals surface area contributed by atoms with Crippen LogP contribution in [0.15, 0.2) is 48.8 Å². The first kappa shape index (κ1) is 25.5. The van der Waals surface area contributed by atoms with Crippen molar-refractivity contribution in [2.75, 3.05) is 0 Å². The first-order valence-electron chi connectivity index (χ1n) is 12.8. The highest BCUT2D eigenvalue weighted by atomic mass is 16.5. The van der Waals surface area contributed by atoms with E-state index in [4.69, 9.17) is 4.74 Å². The fraction of sp³-hybridized carbons (Fsp3) is 0.519. The second kappa shape index (κ2) is 14.9. The number of rotatable bonds is 16. The van der Waals surface area contributed by atoms with Gasteiger partial charge in [0.2, 0.25) is 5.82 Å². The first-order valence-corrected chi connectivity index (χ1v) is 12.8. The molecule has 0 amide bonds. The van der Waals surface area contributed by atoms with Crippen molar-refractivity contribution in [1.29, 1.82) is 0 Å². The second-order valence-corrected chi connectivity index (χ2v) is 8.75. The predicted octanol–water partition coefficient (Wildman–Crippen LogP) is 6.66. The van der Waals surface area contributed by atoms with Crippen LogP contribution < -0.4 is 4.74 Å². The molecule has 7 heteroatoms. The highest BCUT2D eigenvalue weighted by Gasteiger charge is 2.10. The molecule has 34 heavy (non-hydrogen) atoms. The Morgan fingerprint density at radius 3 is 2.00 bits per heavy atom. The molecule has 0 fully saturated rings. The fourth-order valence-electron chi connectivity index (χ4n) is 3.87. The molecule has 0 bridgehead atoms. The van der Waals surface area contributed by atoms with E-state index in [0.717, 1.165) is 18.5 Å². The van der Waals surface area contributed by atoms with Crippen LogP contribution in [0.5, 0.6) is 5.75 Å². The van der Waals surface area contributed by atoms with Crippen LogP contribution in [0.4, 0.5) is 0 Å². The second-order valence-electron chi connectivity index (χ2n) is 8.75. The molecule has 0 saturated carbocycles. The number of pyridine rings is 1. The zero-order valence-corrected chi connectivity index (χ0v) is 20.4. The molecule has 0 aliphatic rings. The largest absolute Gasteiger partial charge is 0.423 e. The summed E-state index contributed by atoms with van der Waals surface area (Å²) in [7, 11) is 0. The van der Waals surface area contributed by atoms with Gasteiger partial charge in [0.25, 0.3) is 0 Å². The van der Waals surface area contributed by atoms with Gasteiger partial charge in [-0.1, -0.05) is 77.6 Å². The van der Waals surface area contributed by atoms with Crippen molar-refractivity contribution in [3.8, 4) is 17.1 Å². The van der Waals surface area contributed by atoms with Crippen LogP contribution in [0, 0.1) is 0 Å². The van der Waals surface area contributed by atoms with E-state index in [1.807, 2.05) is 12.1 Å². The molecule has 2 heterocycles. The van der Waals surface area contributed by atoms with Crippen molar-refractivity contribution in [3.63, 3.8) is 0 Å². The molecule has 3 rings (SSSR count). The van der Waals surface area contributed by atoms with Crippen molar-refractivity contribution in [2.45, 2.75) is 90.5 Å².